The van der Waals surface area contributed by atoms with E-state index in [9.17, 15) is 0 Å². The number of fused-ring (bicyclic) bond motifs is 3. The Balaban J connectivity index is 0.000000150. The second-order valence-electron chi connectivity index (χ2n) is 22.1. The van der Waals surface area contributed by atoms with E-state index in [1.165, 1.54) is 112 Å². The summed E-state index contributed by atoms with van der Waals surface area (Å²) in [5, 5.41) is 9.83. The quantitative estimate of drug-likeness (QED) is 0.0357. The van der Waals surface area contributed by atoms with Gasteiger partial charge in [0.2, 0.25) is 0 Å². The third kappa shape index (κ3) is 16.2. The molecule has 0 radical (unpaired) electrons. The second-order valence-corrected chi connectivity index (χ2v) is 31.3. The van der Waals surface area contributed by atoms with Crippen LogP contribution in [0.4, 0.5) is 32.5 Å². The normalized spacial score (nSPS) is 14.8. The van der Waals surface area contributed by atoms with E-state index < -0.39 is 8.07 Å². The molecule has 13 heterocycles. The Kier molecular flexibility index (Phi) is 21.5. The van der Waals surface area contributed by atoms with Crippen LogP contribution in [0, 0.1) is 24.5 Å². The van der Waals surface area contributed by atoms with Crippen molar-refractivity contribution in [2.24, 2.45) is 0 Å². The largest absolute Gasteiger partial charge is 0.361 e. The minimum atomic E-state index is -1.15. The number of imidazole rings is 3. The van der Waals surface area contributed by atoms with Crippen molar-refractivity contribution in [3.8, 4) is 11.4 Å². The molecule has 0 spiro atoms. The SMILES string of the molecule is Cc1cn2c(-c3ccccn3)cnc2c(Nc2cc(CN3CCCC3)ns2)n1.Cc1cn2c(I)cnc2c(N(COCC[Si](C)(C)C)c2cc(CN3CCCC3)ns2)n1.Cc1cn2ccnc2c(Nc2cc(CN3CCCC3)ns2)n1.Cl.Cl. The van der Waals surface area contributed by atoms with Crippen LogP contribution in [0.3, 0.4) is 0 Å². The predicted octanol–water partition coefficient (Wildman–Crippen LogP) is 12.7. The molecule has 0 aliphatic carbocycles. The van der Waals surface area contributed by atoms with Gasteiger partial charge in [-0.05, 0) is 192 Å². The van der Waals surface area contributed by atoms with Gasteiger partial charge in [0.25, 0.3) is 0 Å². The lowest BCUT2D eigenvalue weighted by Gasteiger charge is -2.23. The summed E-state index contributed by atoms with van der Waals surface area (Å²) in [5.74, 6) is 2.34. The molecule has 83 heavy (non-hydrogen) atoms. The van der Waals surface area contributed by atoms with Crippen molar-refractivity contribution in [1.29, 1.82) is 0 Å². The topological polar surface area (TPSA) is 188 Å². The van der Waals surface area contributed by atoms with Gasteiger partial charge in [0, 0.05) is 71.5 Å². The average molecular weight is 1350 g/mol. The van der Waals surface area contributed by atoms with Crippen LogP contribution in [0.25, 0.3) is 28.3 Å². The molecule has 10 aromatic rings. The van der Waals surface area contributed by atoms with Crippen LogP contribution in [0.2, 0.25) is 25.7 Å². The van der Waals surface area contributed by atoms with Crippen molar-refractivity contribution in [3.63, 3.8) is 0 Å². The van der Waals surface area contributed by atoms with Gasteiger partial charge in [0.15, 0.2) is 34.4 Å². The first-order valence-electron chi connectivity index (χ1n) is 27.8. The van der Waals surface area contributed by atoms with E-state index in [1.54, 1.807) is 12.4 Å². The van der Waals surface area contributed by atoms with Crippen molar-refractivity contribution in [1.82, 2.24) is 75.9 Å². The molecule has 0 saturated carbocycles. The number of hydrogen-bond donors (Lipinski definition) is 2. The summed E-state index contributed by atoms with van der Waals surface area (Å²) in [4.78, 5) is 41.7. The fraction of sp³-hybridized carbons (Fsp3) is 0.429. The Bertz CT molecular complexity index is 3680. The van der Waals surface area contributed by atoms with Gasteiger partial charge in [0.1, 0.15) is 25.4 Å². The van der Waals surface area contributed by atoms with Crippen LogP contribution in [0.15, 0.2) is 86.0 Å². The zero-order chi connectivity index (χ0) is 55.9. The van der Waals surface area contributed by atoms with E-state index in [4.69, 9.17) is 14.1 Å². The number of aromatic nitrogens is 13. The van der Waals surface area contributed by atoms with Crippen molar-refractivity contribution in [2.45, 2.75) is 105 Å². The Labute approximate surface area is 524 Å². The molecular weight excluding hydrogens is 1280 g/mol. The third-order valence-corrected chi connectivity index (χ3v) is 19.1. The van der Waals surface area contributed by atoms with Crippen LogP contribution >= 0.6 is 82.0 Å². The Morgan fingerprint density at radius 1 is 0.614 bits per heavy atom. The second kappa shape index (κ2) is 28.7. The first-order valence-corrected chi connectivity index (χ1v) is 34.9. The van der Waals surface area contributed by atoms with Crippen molar-refractivity contribution >= 4 is 139 Å². The summed E-state index contributed by atoms with van der Waals surface area (Å²) in [5.41, 5.74) is 10.5. The lowest BCUT2D eigenvalue weighted by molar-refractivity contribution is 0.153. The van der Waals surface area contributed by atoms with Crippen molar-refractivity contribution < 1.29 is 4.74 Å². The summed E-state index contributed by atoms with van der Waals surface area (Å²) in [6.45, 7) is 24.2. The summed E-state index contributed by atoms with van der Waals surface area (Å²) >= 11 is 6.78. The van der Waals surface area contributed by atoms with Gasteiger partial charge in [-0.2, -0.15) is 13.1 Å². The van der Waals surface area contributed by atoms with Crippen LogP contribution in [-0.2, 0) is 24.4 Å². The molecule has 3 aliphatic rings. The fourth-order valence-corrected chi connectivity index (χ4v) is 13.5. The Hall–Kier alpha value is -5.33. The zero-order valence-electron chi connectivity index (χ0n) is 47.7. The Morgan fingerprint density at radius 3 is 1.77 bits per heavy atom. The highest BCUT2D eigenvalue weighted by molar-refractivity contribution is 14.1. The smallest absolute Gasteiger partial charge is 0.181 e. The zero-order valence-corrected chi connectivity index (χ0v) is 55.0. The summed E-state index contributed by atoms with van der Waals surface area (Å²) in [6, 6.07) is 13.4. The van der Waals surface area contributed by atoms with Gasteiger partial charge < -0.3 is 19.8 Å². The molecular formula is C56H72Cl2IN19OS3Si. The molecule has 13 rings (SSSR count). The molecule has 0 amide bonds. The molecule has 0 bridgehead atoms. The first kappa shape index (κ1) is 62.2. The highest BCUT2D eigenvalue weighted by atomic mass is 127. The van der Waals surface area contributed by atoms with Gasteiger partial charge in [-0.25, -0.2) is 29.9 Å². The molecule has 0 atom stereocenters. The van der Waals surface area contributed by atoms with E-state index >= 15 is 0 Å². The average Bonchev–Trinajstić information content (AvgIpc) is 4.48. The number of aryl methyl sites for hydroxylation is 3. The van der Waals surface area contributed by atoms with Gasteiger partial charge in [-0.3, -0.25) is 33.4 Å². The lowest BCUT2D eigenvalue weighted by Crippen LogP contribution is -2.26. The molecule has 2 N–H and O–H groups in total. The number of rotatable bonds is 18. The molecule has 3 saturated heterocycles. The van der Waals surface area contributed by atoms with Crippen molar-refractivity contribution in [2.75, 3.05) is 68.1 Å². The first-order chi connectivity index (χ1) is 39.3. The third-order valence-electron chi connectivity index (χ3n) is 14.2. The molecule has 3 aliphatic heterocycles. The molecule has 20 nitrogen and oxygen atoms in total. The number of halogens is 3. The molecule has 27 heteroatoms. The van der Waals surface area contributed by atoms with E-state index in [0.29, 0.717) is 6.73 Å². The summed E-state index contributed by atoms with van der Waals surface area (Å²) in [6.07, 6.45) is 23.0. The minimum absolute atomic E-state index is 0. The number of ether oxygens (including phenoxy) is 1. The number of nitrogens with zero attached hydrogens (tertiary/aromatic N) is 17. The monoisotopic (exact) mass is 1350 g/mol. The van der Waals surface area contributed by atoms with E-state index in [2.05, 4.69) is 134 Å². The maximum Gasteiger partial charge on any atom is 0.181 e. The Morgan fingerprint density at radius 2 is 1.17 bits per heavy atom. The number of anilines is 6. The maximum absolute atomic E-state index is 6.17. The summed E-state index contributed by atoms with van der Waals surface area (Å²) < 4.78 is 27.3. The number of hydrogen-bond acceptors (Lipinski definition) is 20. The molecule has 0 aromatic carbocycles. The lowest BCUT2D eigenvalue weighted by atomic mass is 10.3. The summed E-state index contributed by atoms with van der Waals surface area (Å²) in [7, 11) is -1.15. The number of nitrogens with one attached hydrogen (secondary N) is 2. The standard InChI is InChI=1S/C21H31IN6OSSi.C20H21N7S.C15H18N6S.2ClH/c1-16-13-27-18(22)12-23-20(27)21(24-16)28(15-29-9-10-31(2,3)4)19-11-17(25-30-19)14-26-7-5-6-8-26;1-14-12-27-17(16-6-2-3-7-21-16)11-22-20(27)19(23-14)24-18-10-15(25-28-18)13-26-8-4-5-9-26;1-11-9-21-7-4-16-15(21)14(17-11)18-13-8-12(19-22-13)10-20-5-2-3-6-20;;/h11-13H,5-10,14-15H2,1-4H3;2-3,6-7,10-12H,4-5,8-9,13H2,1H3,(H,23,24);4,7-9H,2-3,5-6,10H2,1H3,(H,17,18);2*1H. The van der Waals surface area contributed by atoms with Gasteiger partial charge >= 0.3 is 0 Å². The van der Waals surface area contributed by atoms with Crippen LogP contribution in [-0.4, -0.2) is 137 Å². The molecule has 440 valence electrons. The van der Waals surface area contributed by atoms with Gasteiger partial charge in [-0.1, -0.05) is 25.7 Å². The van der Waals surface area contributed by atoms with Crippen LogP contribution < -0.4 is 15.5 Å². The van der Waals surface area contributed by atoms with E-state index in [1.807, 2.05) is 85.0 Å². The fourth-order valence-electron chi connectivity index (χ4n) is 10.2. The van der Waals surface area contributed by atoms with E-state index in [-0.39, 0.29) is 24.8 Å². The van der Waals surface area contributed by atoms with Crippen LogP contribution in [0.5, 0.6) is 0 Å². The molecule has 3 fully saturated rings. The predicted molar refractivity (Wildman–Crippen MR) is 351 cm³/mol. The van der Waals surface area contributed by atoms with Crippen LogP contribution in [0.1, 0.15) is 72.7 Å². The minimum Gasteiger partial charge on any atom is -0.361 e. The number of likely N-dealkylation sites (tertiary alicyclic amines) is 3. The van der Waals surface area contributed by atoms with Gasteiger partial charge in [0.05, 0.1) is 57.9 Å². The van der Waals surface area contributed by atoms with Crippen molar-refractivity contribution in [3.05, 3.63) is 124 Å². The van der Waals surface area contributed by atoms with Gasteiger partial charge in [-0.15, -0.1) is 24.8 Å². The maximum atomic E-state index is 6.17. The van der Waals surface area contributed by atoms with E-state index in [0.717, 1.165) is 131 Å². The highest BCUT2D eigenvalue weighted by Gasteiger charge is 2.24. The molecule has 10 aromatic heterocycles. The number of pyridine rings is 1. The molecule has 0 unspecified atom stereocenters. The highest BCUT2D eigenvalue weighted by Crippen LogP contribution is 2.34.